The molecule has 75 valence electrons. The van der Waals surface area contributed by atoms with E-state index in [0.717, 1.165) is 6.07 Å². The fourth-order valence-corrected chi connectivity index (χ4v) is 1.38. The van der Waals surface area contributed by atoms with Gasteiger partial charge in [-0.15, -0.1) is 0 Å². The van der Waals surface area contributed by atoms with Crippen molar-refractivity contribution in [2.24, 2.45) is 0 Å². The number of hydrogen-bond acceptors (Lipinski definition) is 1. The largest absolute Gasteiger partial charge is 0.508 e. The van der Waals surface area contributed by atoms with Gasteiger partial charge in [0.25, 0.3) is 0 Å². The molecule has 2 aromatic carbocycles. The third-order valence-corrected chi connectivity index (χ3v) is 2.12. The van der Waals surface area contributed by atoms with Gasteiger partial charge < -0.3 is 5.11 Å². The van der Waals surface area contributed by atoms with Gasteiger partial charge in [0, 0.05) is 11.6 Å². The maximum absolute atomic E-state index is 12.6. The molecule has 2 rings (SSSR count). The van der Waals surface area contributed by atoms with Crippen LogP contribution in [0.2, 0.25) is 0 Å². The van der Waals surface area contributed by atoms with E-state index < -0.39 is 0 Å². The van der Waals surface area contributed by atoms with Gasteiger partial charge in [0.2, 0.25) is 0 Å². The molecule has 0 aliphatic rings. The number of phenolic OH excluding ortho intramolecular Hbond substituents is 1. The zero-order valence-corrected chi connectivity index (χ0v) is 7.77. The second-order valence-corrected chi connectivity index (χ2v) is 3.19. The summed E-state index contributed by atoms with van der Waals surface area (Å²) in [6, 6.07) is 9.74. The first kappa shape index (κ1) is 9.52. The Hall–Kier alpha value is -2.03. The molecule has 0 unspecified atom stereocenters. The summed E-state index contributed by atoms with van der Waals surface area (Å²) in [6.07, 6.45) is 0. The number of benzene rings is 2. The van der Waals surface area contributed by atoms with Gasteiger partial charge in [0.15, 0.2) is 5.75 Å². The van der Waals surface area contributed by atoms with E-state index in [4.69, 9.17) is 5.11 Å². The fourth-order valence-electron chi connectivity index (χ4n) is 1.38. The smallest absolute Gasteiger partial charge is 0.190 e. The number of halogens is 1. The molecule has 2 aromatic rings. The van der Waals surface area contributed by atoms with Crippen LogP contribution >= 0.6 is 0 Å². The monoisotopic (exact) mass is 203 g/mol. The molecule has 1 N–H and O–H groups in total. The molecular weight excluding hydrogens is 195 g/mol. The van der Waals surface area contributed by atoms with Crippen LogP contribution < -0.4 is 0 Å². The van der Waals surface area contributed by atoms with E-state index in [-0.39, 0.29) is 17.3 Å². The van der Waals surface area contributed by atoms with Gasteiger partial charge in [-0.1, -0.05) is 12.1 Å². The molecule has 0 heterocycles. The van der Waals surface area contributed by atoms with E-state index in [1.807, 2.05) is 0 Å². The first-order valence-corrected chi connectivity index (χ1v) is 4.43. The van der Waals surface area contributed by atoms with E-state index in [1.165, 1.54) is 36.4 Å². The van der Waals surface area contributed by atoms with Crippen LogP contribution in [0.25, 0.3) is 11.1 Å². The van der Waals surface area contributed by atoms with E-state index in [1.54, 1.807) is 0 Å². The molecule has 0 bridgehead atoms. The van der Waals surface area contributed by atoms with Crippen molar-refractivity contribution in [2.75, 3.05) is 0 Å². The molecule has 0 atom stereocenters. The molecule has 0 aromatic heterocycles. The topological polar surface area (TPSA) is 40.1 Å². The average Bonchev–Trinajstić information content (AvgIpc) is 2.20. The third-order valence-electron chi connectivity index (χ3n) is 2.12. The van der Waals surface area contributed by atoms with Crippen LogP contribution in [0.4, 0.5) is 4.39 Å². The summed E-state index contributed by atoms with van der Waals surface area (Å²) >= 11 is 0. The molecule has 0 amide bonds. The highest BCUT2D eigenvalue weighted by Crippen LogP contribution is 2.32. The van der Waals surface area contributed by atoms with Gasteiger partial charge in [0.05, 0.1) is 0 Å². The van der Waals surface area contributed by atoms with Gasteiger partial charge in [-0.3, -0.25) is 5.11 Å². The van der Waals surface area contributed by atoms with Gasteiger partial charge in [0.1, 0.15) is 11.6 Å². The maximum atomic E-state index is 12.6. The Bertz CT molecular complexity index is 477. The lowest BCUT2D eigenvalue weighted by atomic mass is 10.0. The maximum Gasteiger partial charge on any atom is 0.190 e. The predicted molar refractivity (Wildman–Crippen MR) is 53.6 cm³/mol. The quantitative estimate of drug-likeness (QED) is 0.758. The SMILES string of the molecule is [O]c1cc(O)ccc1-c1ccc(F)cc1. The van der Waals surface area contributed by atoms with Crippen LogP contribution in [-0.2, 0) is 5.11 Å². The van der Waals surface area contributed by atoms with E-state index in [0.29, 0.717) is 11.1 Å². The Morgan fingerprint density at radius 1 is 1.00 bits per heavy atom. The number of rotatable bonds is 1. The van der Waals surface area contributed by atoms with Gasteiger partial charge in [-0.25, -0.2) is 4.39 Å². The summed E-state index contributed by atoms with van der Waals surface area (Å²) in [7, 11) is 0. The summed E-state index contributed by atoms with van der Waals surface area (Å²) in [6.45, 7) is 0. The van der Waals surface area contributed by atoms with E-state index in [9.17, 15) is 9.50 Å². The van der Waals surface area contributed by atoms with Crippen molar-refractivity contribution in [1.82, 2.24) is 0 Å². The highest BCUT2D eigenvalue weighted by Gasteiger charge is 2.06. The normalized spacial score (nSPS) is 10.2. The first-order valence-electron chi connectivity index (χ1n) is 4.43. The summed E-state index contributed by atoms with van der Waals surface area (Å²) in [5.74, 6) is -0.683. The van der Waals surface area contributed by atoms with Crippen LogP contribution in [-0.4, -0.2) is 5.11 Å². The highest BCUT2D eigenvalue weighted by molar-refractivity contribution is 5.70. The first-order chi connectivity index (χ1) is 7.16. The second kappa shape index (κ2) is 3.61. The molecular formula is C12H8FO2. The van der Waals surface area contributed by atoms with Gasteiger partial charge >= 0.3 is 0 Å². The van der Waals surface area contributed by atoms with Crippen LogP contribution in [0.3, 0.4) is 0 Å². The minimum absolute atomic E-state index is 0.0640. The second-order valence-electron chi connectivity index (χ2n) is 3.19. The Labute approximate surface area is 86.2 Å². The van der Waals surface area contributed by atoms with Crippen LogP contribution in [0.15, 0.2) is 42.5 Å². The molecule has 0 aliphatic heterocycles. The van der Waals surface area contributed by atoms with Crippen LogP contribution in [0.5, 0.6) is 11.5 Å². The lowest BCUT2D eigenvalue weighted by Gasteiger charge is -2.02. The van der Waals surface area contributed by atoms with Crippen LogP contribution in [0.1, 0.15) is 0 Å². The minimum atomic E-state index is -0.343. The predicted octanol–water partition coefficient (Wildman–Crippen LogP) is 3.34. The lowest BCUT2D eigenvalue weighted by Crippen LogP contribution is -1.79. The zero-order chi connectivity index (χ0) is 10.8. The molecule has 0 spiro atoms. The standard InChI is InChI=1S/C12H8FO2/c13-9-3-1-8(2-4-9)11-6-5-10(14)7-12(11)15/h1-7,14H. The van der Waals surface area contributed by atoms with E-state index in [2.05, 4.69) is 0 Å². The fraction of sp³-hybridized carbons (Fsp3) is 0. The van der Waals surface area contributed by atoms with Crippen molar-refractivity contribution in [2.45, 2.75) is 0 Å². The Balaban J connectivity index is 2.49. The molecule has 0 aliphatic carbocycles. The van der Waals surface area contributed by atoms with Crippen molar-refractivity contribution < 1.29 is 14.6 Å². The summed E-state index contributed by atoms with van der Waals surface area (Å²) in [5.41, 5.74) is 1.09. The molecule has 15 heavy (non-hydrogen) atoms. The summed E-state index contributed by atoms with van der Waals surface area (Å²) < 4.78 is 12.6. The number of phenols is 1. The number of hydrogen-bond donors (Lipinski definition) is 1. The molecule has 3 heteroatoms. The average molecular weight is 203 g/mol. The highest BCUT2D eigenvalue weighted by atomic mass is 19.1. The number of aromatic hydroxyl groups is 1. The lowest BCUT2D eigenvalue weighted by molar-refractivity contribution is 0.353. The van der Waals surface area contributed by atoms with Gasteiger partial charge in [-0.2, -0.15) is 0 Å². The van der Waals surface area contributed by atoms with E-state index >= 15 is 0 Å². The molecule has 2 nitrogen and oxygen atoms in total. The molecule has 0 fully saturated rings. The van der Waals surface area contributed by atoms with Crippen LogP contribution in [0, 0.1) is 5.82 Å². The zero-order valence-electron chi connectivity index (χ0n) is 7.77. The Morgan fingerprint density at radius 3 is 2.27 bits per heavy atom. The Morgan fingerprint density at radius 2 is 1.67 bits per heavy atom. The minimum Gasteiger partial charge on any atom is -0.508 e. The summed E-state index contributed by atoms with van der Waals surface area (Å²) in [5, 5.41) is 20.5. The van der Waals surface area contributed by atoms with Crippen molar-refractivity contribution in [1.29, 1.82) is 0 Å². The van der Waals surface area contributed by atoms with Crippen molar-refractivity contribution in [3.05, 3.63) is 48.3 Å². The third kappa shape index (κ3) is 1.91. The van der Waals surface area contributed by atoms with Crippen molar-refractivity contribution in [3.8, 4) is 22.6 Å². The molecule has 1 radical (unpaired) electrons. The molecule has 0 saturated carbocycles. The van der Waals surface area contributed by atoms with Gasteiger partial charge in [-0.05, 0) is 29.8 Å². The van der Waals surface area contributed by atoms with Crippen molar-refractivity contribution in [3.63, 3.8) is 0 Å². The van der Waals surface area contributed by atoms with Crippen molar-refractivity contribution >= 4 is 0 Å². The summed E-state index contributed by atoms with van der Waals surface area (Å²) in [4.78, 5) is 0. The molecule has 0 saturated heterocycles. The Kier molecular flexibility index (Phi) is 2.29.